The SMILES string of the molecule is C[C@H](C(=O)NCCOc1ccc2ccccc2c1)N(c1ccc(Cl)c(C(F)(F)F)c1)S(C)(=O)=O. The molecule has 1 atom stereocenters. The van der Waals surface area contributed by atoms with Crippen LogP contribution < -0.4 is 14.4 Å². The van der Waals surface area contributed by atoms with Crippen molar-refractivity contribution in [1.29, 1.82) is 0 Å². The Morgan fingerprint density at radius 2 is 1.76 bits per heavy atom. The van der Waals surface area contributed by atoms with E-state index in [9.17, 15) is 26.4 Å². The summed E-state index contributed by atoms with van der Waals surface area (Å²) in [6, 6.07) is 14.6. The molecule has 0 radical (unpaired) electrons. The minimum atomic E-state index is -4.79. The van der Waals surface area contributed by atoms with Crippen LogP contribution in [0.1, 0.15) is 12.5 Å². The summed E-state index contributed by atoms with van der Waals surface area (Å²) in [6.07, 6.45) is -3.98. The summed E-state index contributed by atoms with van der Waals surface area (Å²) < 4.78 is 70.7. The van der Waals surface area contributed by atoms with Crippen LogP contribution in [0.4, 0.5) is 18.9 Å². The van der Waals surface area contributed by atoms with Crippen molar-refractivity contribution in [2.45, 2.75) is 19.1 Å². The topological polar surface area (TPSA) is 75.7 Å². The Balaban J connectivity index is 1.67. The maximum absolute atomic E-state index is 13.2. The predicted octanol–water partition coefficient (Wildman–Crippen LogP) is 4.86. The van der Waals surface area contributed by atoms with Gasteiger partial charge in [0.05, 0.1) is 29.1 Å². The third-order valence-corrected chi connectivity index (χ3v) is 6.56. The van der Waals surface area contributed by atoms with Crippen LogP contribution >= 0.6 is 11.6 Å². The van der Waals surface area contributed by atoms with E-state index in [0.717, 1.165) is 29.2 Å². The number of nitrogens with one attached hydrogen (secondary N) is 1. The molecule has 0 unspecified atom stereocenters. The molecule has 0 aliphatic carbocycles. The molecule has 0 heterocycles. The molecule has 0 spiro atoms. The molecule has 6 nitrogen and oxygen atoms in total. The monoisotopic (exact) mass is 514 g/mol. The number of hydrogen-bond acceptors (Lipinski definition) is 4. The summed E-state index contributed by atoms with van der Waals surface area (Å²) in [7, 11) is -4.10. The summed E-state index contributed by atoms with van der Waals surface area (Å²) in [5.74, 6) is -0.101. The van der Waals surface area contributed by atoms with E-state index >= 15 is 0 Å². The van der Waals surface area contributed by atoms with E-state index in [1.54, 1.807) is 6.07 Å². The molecule has 0 bridgehead atoms. The minimum absolute atomic E-state index is 0.0576. The number of carbonyl (C=O) groups is 1. The van der Waals surface area contributed by atoms with Crippen molar-refractivity contribution in [2.24, 2.45) is 0 Å². The third-order valence-electron chi connectivity index (χ3n) is 4.99. The smallest absolute Gasteiger partial charge is 0.417 e. The molecule has 3 rings (SSSR count). The highest BCUT2D eigenvalue weighted by molar-refractivity contribution is 7.92. The molecule has 1 N–H and O–H groups in total. The van der Waals surface area contributed by atoms with Crippen LogP contribution in [0, 0.1) is 0 Å². The van der Waals surface area contributed by atoms with Crippen molar-refractivity contribution in [3.63, 3.8) is 0 Å². The maximum Gasteiger partial charge on any atom is 0.417 e. The van der Waals surface area contributed by atoms with Gasteiger partial charge >= 0.3 is 6.18 Å². The number of anilines is 1. The Morgan fingerprint density at radius 1 is 1.09 bits per heavy atom. The number of benzene rings is 3. The van der Waals surface area contributed by atoms with Gasteiger partial charge in [0.15, 0.2) is 0 Å². The van der Waals surface area contributed by atoms with Gasteiger partial charge in [-0.3, -0.25) is 9.10 Å². The zero-order valence-corrected chi connectivity index (χ0v) is 19.8. The lowest BCUT2D eigenvalue weighted by atomic mass is 10.1. The predicted molar refractivity (Wildman–Crippen MR) is 126 cm³/mol. The van der Waals surface area contributed by atoms with Crippen LogP contribution in [0.15, 0.2) is 60.7 Å². The first-order valence-corrected chi connectivity index (χ1v) is 12.4. The summed E-state index contributed by atoms with van der Waals surface area (Å²) in [5.41, 5.74) is -1.52. The Labute approximate surface area is 200 Å². The lowest BCUT2D eigenvalue weighted by Gasteiger charge is -2.29. The number of carbonyl (C=O) groups excluding carboxylic acids is 1. The first-order valence-electron chi connectivity index (χ1n) is 10.1. The first kappa shape index (κ1) is 25.6. The number of alkyl halides is 3. The van der Waals surface area contributed by atoms with Crippen LogP contribution in [-0.4, -0.2) is 39.8 Å². The van der Waals surface area contributed by atoms with Gasteiger partial charge in [0, 0.05) is 0 Å². The Hall–Kier alpha value is -2.98. The molecular formula is C23H22ClF3N2O4S. The average molecular weight is 515 g/mol. The molecule has 0 saturated heterocycles. The van der Waals surface area contributed by atoms with Crippen LogP contribution in [0.5, 0.6) is 5.75 Å². The first-order chi connectivity index (χ1) is 15.9. The van der Waals surface area contributed by atoms with E-state index in [1.165, 1.54) is 6.92 Å². The zero-order valence-electron chi connectivity index (χ0n) is 18.3. The van der Waals surface area contributed by atoms with Gasteiger partial charge in [-0.05, 0) is 48.0 Å². The molecule has 0 fully saturated rings. The van der Waals surface area contributed by atoms with Gasteiger partial charge in [0.1, 0.15) is 18.4 Å². The van der Waals surface area contributed by atoms with Gasteiger partial charge in [-0.1, -0.05) is 41.9 Å². The Kier molecular flexibility index (Phi) is 7.62. The van der Waals surface area contributed by atoms with Crippen molar-refractivity contribution in [3.8, 4) is 5.75 Å². The molecule has 1 amide bonds. The lowest BCUT2D eigenvalue weighted by Crippen LogP contribution is -2.48. The number of amides is 1. The Bertz CT molecular complexity index is 1300. The van der Waals surface area contributed by atoms with Gasteiger partial charge < -0.3 is 10.1 Å². The zero-order chi connectivity index (χ0) is 25.1. The largest absolute Gasteiger partial charge is 0.492 e. The quantitative estimate of drug-likeness (QED) is 0.436. The fourth-order valence-corrected chi connectivity index (χ4v) is 4.82. The van der Waals surface area contributed by atoms with E-state index < -0.39 is 38.7 Å². The summed E-state index contributed by atoms with van der Waals surface area (Å²) >= 11 is 5.63. The highest BCUT2D eigenvalue weighted by Gasteiger charge is 2.36. The normalized spacial score (nSPS) is 12.9. The van der Waals surface area contributed by atoms with E-state index in [4.69, 9.17) is 16.3 Å². The second kappa shape index (κ2) is 10.1. The van der Waals surface area contributed by atoms with Crippen LogP contribution in [0.2, 0.25) is 5.02 Å². The number of nitrogens with zero attached hydrogens (tertiary/aromatic N) is 1. The molecular weight excluding hydrogens is 493 g/mol. The molecule has 0 aliphatic rings. The number of sulfonamides is 1. The van der Waals surface area contributed by atoms with Gasteiger partial charge in [0.2, 0.25) is 15.9 Å². The second-order valence-electron chi connectivity index (χ2n) is 7.55. The van der Waals surface area contributed by atoms with Gasteiger partial charge in [0.25, 0.3) is 0 Å². The molecule has 0 saturated carbocycles. The number of halogens is 4. The maximum atomic E-state index is 13.2. The highest BCUT2D eigenvalue weighted by Crippen LogP contribution is 2.37. The lowest BCUT2D eigenvalue weighted by molar-refractivity contribution is -0.137. The fourth-order valence-electron chi connectivity index (χ4n) is 3.42. The summed E-state index contributed by atoms with van der Waals surface area (Å²) in [5, 5.41) is 4.01. The Morgan fingerprint density at radius 3 is 2.41 bits per heavy atom. The van der Waals surface area contributed by atoms with Crippen molar-refractivity contribution in [1.82, 2.24) is 5.32 Å². The van der Waals surface area contributed by atoms with Gasteiger partial charge in [-0.25, -0.2) is 8.42 Å². The minimum Gasteiger partial charge on any atom is -0.492 e. The van der Waals surface area contributed by atoms with Crippen molar-refractivity contribution >= 4 is 44.0 Å². The molecule has 3 aromatic carbocycles. The molecule has 11 heteroatoms. The van der Waals surface area contributed by atoms with E-state index in [2.05, 4.69) is 5.32 Å². The molecule has 0 aliphatic heterocycles. The van der Waals surface area contributed by atoms with E-state index in [-0.39, 0.29) is 18.8 Å². The van der Waals surface area contributed by atoms with Gasteiger partial charge in [-0.15, -0.1) is 0 Å². The number of rotatable bonds is 8. The molecule has 182 valence electrons. The van der Waals surface area contributed by atoms with Crippen LogP contribution in [0.3, 0.4) is 0 Å². The highest BCUT2D eigenvalue weighted by atomic mass is 35.5. The van der Waals surface area contributed by atoms with Crippen molar-refractivity contribution in [2.75, 3.05) is 23.7 Å². The van der Waals surface area contributed by atoms with Crippen molar-refractivity contribution in [3.05, 3.63) is 71.2 Å². The standard InChI is InChI=1S/C23H22ClF3N2O4S/c1-15(29(34(2,31)32)18-8-10-21(24)20(14-18)23(25,26)27)22(30)28-11-12-33-19-9-7-16-5-3-4-6-17(16)13-19/h3-10,13-15H,11-12H2,1-2H3,(H,28,30)/t15-/m1/s1. The van der Waals surface area contributed by atoms with Crippen molar-refractivity contribution < 1.29 is 31.1 Å². The number of fused-ring (bicyclic) bond motifs is 1. The summed E-state index contributed by atoms with van der Waals surface area (Å²) in [4.78, 5) is 12.6. The summed E-state index contributed by atoms with van der Waals surface area (Å²) in [6.45, 7) is 1.44. The van der Waals surface area contributed by atoms with E-state index in [1.807, 2.05) is 36.4 Å². The average Bonchev–Trinajstić information content (AvgIpc) is 2.76. The number of ether oxygens (including phenoxy) is 1. The van der Waals surface area contributed by atoms with Gasteiger partial charge in [-0.2, -0.15) is 13.2 Å². The molecule has 34 heavy (non-hydrogen) atoms. The number of hydrogen-bond donors (Lipinski definition) is 1. The van der Waals surface area contributed by atoms with Crippen LogP contribution in [0.25, 0.3) is 10.8 Å². The second-order valence-corrected chi connectivity index (χ2v) is 9.81. The van der Waals surface area contributed by atoms with E-state index in [0.29, 0.717) is 16.1 Å². The van der Waals surface area contributed by atoms with Crippen LogP contribution in [-0.2, 0) is 21.0 Å². The molecule has 0 aromatic heterocycles. The third kappa shape index (κ3) is 6.12. The fraction of sp³-hybridized carbons (Fsp3) is 0.261. The molecule has 3 aromatic rings.